The average Bonchev–Trinajstić information content (AvgIpc) is 2.76. The predicted octanol–water partition coefficient (Wildman–Crippen LogP) is 4.56. The van der Waals surface area contributed by atoms with Crippen LogP contribution >= 0.6 is 12.6 Å². The smallest absolute Gasteiger partial charge is 0.224 e. The lowest BCUT2D eigenvalue weighted by Crippen LogP contribution is -2.27. The first-order valence-corrected chi connectivity index (χ1v) is 11.4. The van der Waals surface area contributed by atoms with Crippen LogP contribution in [0.15, 0.2) is 29.3 Å². The summed E-state index contributed by atoms with van der Waals surface area (Å²) >= 11 is 4.49. The van der Waals surface area contributed by atoms with Gasteiger partial charge < -0.3 is 19.9 Å². The van der Waals surface area contributed by atoms with Crippen molar-refractivity contribution in [3.63, 3.8) is 0 Å². The molecule has 1 N–H and O–H groups in total. The van der Waals surface area contributed by atoms with Crippen molar-refractivity contribution in [3.8, 4) is 5.75 Å². The number of hydrogen-bond donors (Lipinski definition) is 2. The first-order chi connectivity index (χ1) is 14.9. The molecule has 0 spiro atoms. The molecule has 1 heterocycles. The lowest BCUT2D eigenvalue weighted by Gasteiger charge is -2.25. The molecule has 0 atom stereocenters. The highest BCUT2D eigenvalue weighted by Gasteiger charge is 2.18. The van der Waals surface area contributed by atoms with Gasteiger partial charge in [-0.2, -0.15) is 0 Å². The molecule has 170 valence electrons. The standard InChI is InChI=1S/C23H35N5O2S/c1-6-15-28(18-11-13-19(30-5)14-12-18)16-9-10-20(29)26-21-22(27(7-2)8-3)24-17(4)25-23(21)31/h11-14H,6-10,15-16H2,1-5H3,(H,26,29)(H,24,25,31). The van der Waals surface area contributed by atoms with Crippen LogP contribution in [-0.2, 0) is 4.79 Å². The minimum atomic E-state index is -0.0534. The number of aryl methyl sites for hydroxylation is 1. The molecule has 0 aliphatic rings. The number of nitrogens with zero attached hydrogens (tertiary/aromatic N) is 4. The molecule has 0 saturated carbocycles. The Morgan fingerprint density at radius 1 is 1.06 bits per heavy atom. The number of carbonyl (C=O) groups excluding carboxylic acids is 1. The summed E-state index contributed by atoms with van der Waals surface area (Å²) in [6.45, 7) is 11.4. The van der Waals surface area contributed by atoms with Gasteiger partial charge in [0.25, 0.3) is 0 Å². The highest BCUT2D eigenvalue weighted by Crippen LogP contribution is 2.29. The van der Waals surface area contributed by atoms with E-state index < -0.39 is 0 Å². The number of thiol groups is 1. The molecule has 1 aromatic heterocycles. The van der Waals surface area contributed by atoms with E-state index >= 15 is 0 Å². The Kier molecular flexibility index (Phi) is 9.91. The lowest BCUT2D eigenvalue weighted by molar-refractivity contribution is -0.116. The molecule has 0 fully saturated rings. The van der Waals surface area contributed by atoms with Crippen LogP contribution in [0.5, 0.6) is 5.75 Å². The van der Waals surface area contributed by atoms with Gasteiger partial charge in [-0.1, -0.05) is 6.92 Å². The van der Waals surface area contributed by atoms with E-state index in [1.54, 1.807) is 7.11 Å². The zero-order valence-electron chi connectivity index (χ0n) is 19.3. The molecule has 7 nitrogen and oxygen atoms in total. The van der Waals surface area contributed by atoms with Crippen molar-refractivity contribution in [1.82, 2.24) is 9.97 Å². The Hall–Kier alpha value is -2.48. The highest BCUT2D eigenvalue weighted by molar-refractivity contribution is 7.80. The van der Waals surface area contributed by atoms with Crippen molar-refractivity contribution in [2.75, 3.05) is 48.4 Å². The molecular formula is C23H35N5O2S. The molecule has 0 unspecified atom stereocenters. The Morgan fingerprint density at radius 3 is 2.32 bits per heavy atom. The maximum absolute atomic E-state index is 12.7. The molecule has 0 bridgehead atoms. The lowest BCUT2D eigenvalue weighted by atomic mass is 10.2. The third kappa shape index (κ3) is 7.02. The molecule has 0 radical (unpaired) electrons. The van der Waals surface area contributed by atoms with Crippen LogP contribution in [0.1, 0.15) is 45.9 Å². The first kappa shape index (κ1) is 24.8. The van der Waals surface area contributed by atoms with E-state index in [4.69, 9.17) is 4.74 Å². The van der Waals surface area contributed by atoms with Gasteiger partial charge in [0.15, 0.2) is 5.82 Å². The topological polar surface area (TPSA) is 70.6 Å². The molecular weight excluding hydrogens is 410 g/mol. The second-order valence-electron chi connectivity index (χ2n) is 7.30. The quantitative estimate of drug-likeness (QED) is 0.369. The Bertz CT molecular complexity index is 841. The molecule has 0 aliphatic heterocycles. The SMILES string of the molecule is CCCN(CCCC(=O)Nc1c(S)nc(C)nc1N(CC)CC)c1ccc(OC)cc1. The number of aromatic nitrogens is 2. The zero-order chi connectivity index (χ0) is 22.8. The van der Waals surface area contributed by atoms with Gasteiger partial charge in [0.2, 0.25) is 5.91 Å². The molecule has 2 aromatic rings. The number of rotatable bonds is 12. The molecule has 1 amide bonds. The van der Waals surface area contributed by atoms with Gasteiger partial charge >= 0.3 is 0 Å². The fourth-order valence-electron chi connectivity index (χ4n) is 3.47. The number of anilines is 3. The van der Waals surface area contributed by atoms with Crippen LogP contribution in [0.2, 0.25) is 0 Å². The number of benzene rings is 1. The molecule has 8 heteroatoms. The van der Waals surface area contributed by atoms with Crippen LogP contribution < -0.4 is 19.9 Å². The minimum absolute atomic E-state index is 0.0534. The van der Waals surface area contributed by atoms with Gasteiger partial charge in [0.05, 0.1) is 7.11 Å². The number of carbonyl (C=O) groups is 1. The molecule has 1 aromatic carbocycles. The molecule has 2 rings (SSSR count). The highest BCUT2D eigenvalue weighted by atomic mass is 32.1. The normalized spacial score (nSPS) is 10.6. The molecule has 31 heavy (non-hydrogen) atoms. The summed E-state index contributed by atoms with van der Waals surface area (Å²) in [4.78, 5) is 26.0. The number of nitrogens with one attached hydrogen (secondary N) is 1. The van der Waals surface area contributed by atoms with Gasteiger partial charge in [-0.3, -0.25) is 4.79 Å². The number of methoxy groups -OCH3 is 1. The fourth-order valence-corrected chi connectivity index (χ4v) is 3.77. The summed E-state index contributed by atoms with van der Waals surface area (Å²) in [6, 6.07) is 8.04. The van der Waals surface area contributed by atoms with Gasteiger partial charge in [0.1, 0.15) is 22.3 Å². The van der Waals surface area contributed by atoms with Crippen LogP contribution in [-0.4, -0.2) is 49.2 Å². The maximum Gasteiger partial charge on any atom is 0.224 e. The van der Waals surface area contributed by atoms with E-state index in [-0.39, 0.29) is 5.91 Å². The van der Waals surface area contributed by atoms with Crippen molar-refractivity contribution < 1.29 is 9.53 Å². The van der Waals surface area contributed by atoms with E-state index in [1.807, 2.05) is 19.1 Å². The van der Waals surface area contributed by atoms with Crippen LogP contribution in [0, 0.1) is 6.92 Å². The summed E-state index contributed by atoms with van der Waals surface area (Å²) < 4.78 is 5.25. The Balaban J connectivity index is 2.02. The summed E-state index contributed by atoms with van der Waals surface area (Å²) in [6.07, 6.45) is 2.19. The summed E-state index contributed by atoms with van der Waals surface area (Å²) in [5.74, 6) is 2.15. The van der Waals surface area contributed by atoms with Crippen molar-refractivity contribution in [2.45, 2.75) is 52.0 Å². The average molecular weight is 446 g/mol. The van der Waals surface area contributed by atoms with Gasteiger partial charge in [-0.05, 0) is 57.9 Å². The van der Waals surface area contributed by atoms with Gasteiger partial charge in [0, 0.05) is 38.3 Å². The van der Waals surface area contributed by atoms with Crippen LogP contribution in [0.4, 0.5) is 17.2 Å². The molecule has 0 saturated heterocycles. The predicted molar refractivity (Wildman–Crippen MR) is 131 cm³/mol. The Morgan fingerprint density at radius 2 is 1.74 bits per heavy atom. The summed E-state index contributed by atoms with van der Waals surface area (Å²) in [5, 5.41) is 3.49. The fraction of sp³-hybridized carbons (Fsp3) is 0.522. The van der Waals surface area contributed by atoms with E-state index in [0.29, 0.717) is 23.0 Å². The largest absolute Gasteiger partial charge is 0.497 e. The van der Waals surface area contributed by atoms with Gasteiger partial charge in [-0.25, -0.2) is 9.97 Å². The number of amides is 1. The van der Waals surface area contributed by atoms with Crippen LogP contribution in [0.3, 0.4) is 0 Å². The van der Waals surface area contributed by atoms with Crippen LogP contribution in [0.25, 0.3) is 0 Å². The van der Waals surface area contributed by atoms with Crippen molar-refractivity contribution in [3.05, 3.63) is 30.1 Å². The Labute approximate surface area is 191 Å². The molecule has 0 aliphatic carbocycles. The minimum Gasteiger partial charge on any atom is -0.497 e. The van der Waals surface area contributed by atoms with E-state index in [1.165, 1.54) is 0 Å². The third-order valence-electron chi connectivity index (χ3n) is 5.07. The van der Waals surface area contributed by atoms with Crippen molar-refractivity contribution in [2.24, 2.45) is 0 Å². The number of hydrogen-bond acceptors (Lipinski definition) is 7. The third-order valence-corrected chi connectivity index (χ3v) is 5.40. The van der Waals surface area contributed by atoms with Gasteiger partial charge in [-0.15, -0.1) is 12.6 Å². The maximum atomic E-state index is 12.7. The van der Waals surface area contributed by atoms with Crippen molar-refractivity contribution >= 4 is 35.7 Å². The second kappa shape index (κ2) is 12.4. The summed E-state index contributed by atoms with van der Waals surface area (Å²) in [7, 11) is 1.67. The second-order valence-corrected chi connectivity index (χ2v) is 7.73. The van der Waals surface area contributed by atoms with E-state index in [9.17, 15) is 4.79 Å². The monoisotopic (exact) mass is 445 g/mol. The van der Waals surface area contributed by atoms with Crippen molar-refractivity contribution in [1.29, 1.82) is 0 Å². The summed E-state index contributed by atoms with van der Waals surface area (Å²) in [5.41, 5.74) is 1.72. The van der Waals surface area contributed by atoms with E-state index in [2.05, 4.69) is 70.6 Å². The first-order valence-electron chi connectivity index (χ1n) is 10.9. The zero-order valence-corrected chi connectivity index (χ0v) is 20.2. The van der Waals surface area contributed by atoms with E-state index in [0.717, 1.165) is 56.3 Å². The number of ether oxygens (including phenoxy) is 1.